The van der Waals surface area contributed by atoms with Crippen LogP contribution in [0.15, 0.2) is 24.3 Å². The van der Waals surface area contributed by atoms with Crippen molar-refractivity contribution in [1.29, 1.82) is 0 Å². The molecule has 21 heavy (non-hydrogen) atoms. The number of hydrogen-bond acceptors (Lipinski definition) is 2. The summed E-state index contributed by atoms with van der Waals surface area (Å²) in [6.45, 7) is 8.59. The van der Waals surface area contributed by atoms with Crippen molar-refractivity contribution in [3.63, 3.8) is 0 Å². The van der Waals surface area contributed by atoms with E-state index in [0.717, 1.165) is 36.0 Å². The quantitative estimate of drug-likeness (QED) is 0.703. The fraction of sp³-hybridized carbons (Fsp3) is 0.632. The average molecular weight is 288 g/mol. The second-order valence-corrected chi connectivity index (χ2v) is 6.91. The molecule has 2 rings (SSSR count). The summed E-state index contributed by atoms with van der Waals surface area (Å²) in [4.78, 5) is 12.7. The van der Waals surface area contributed by atoms with Crippen molar-refractivity contribution < 1.29 is 9.53 Å². The van der Waals surface area contributed by atoms with E-state index in [1.54, 1.807) is 0 Å². The average Bonchev–Trinajstić information content (AvgIpc) is 2.46. The molecule has 0 bridgehead atoms. The highest BCUT2D eigenvalue weighted by atomic mass is 16.5. The zero-order chi connectivity index (χ0) is 15.4. The first-order valence-corrected chi connectivity index (χ1v) is 8.28. The van der Waals surface area contributed by atoms with Crippen LogP contribution < -0.4 is 4.74 Å². The zero-order valence-electron chi connectivity index (χ0n) is 13.8. The van der Waals surface area contributed by atoms with Crippen LogP contribution in [0, 0.1) is 17.8 Å². The predicted octanol–water partition coefficient (Wildman–Crippen LogP) is 5.12. The van der Waals surface area contributed by atoms with E-state index < -0.39 is 0 Å². The molecule has 2 nitrogen and oxygen atoms in total. The maximum absolute atomic E-state index is 12.7. The molecule has 0 heterocycles. The van der Waals surface area contributed by atoms with Crippen molar-refractivity contribution in [2.24, 2.45) is 17.8 Å². The summed E-state index contributed by atoms with van der Waals surface area (Å²) in [5.74, 6) is 2.83. The molecule has 0 aromatic heterocycles. The lowest BCUT2D eigenvalue weighted by Gasteiger charge is -2.30. The molecule has 0 spiro atoms. The molecule has 0 unspecified atom stereocenters. The lowest BCUT2D eigenvalue weighted by Crippen LogP contribution is -2.24. The smallest absolute Gasteiger partial charge is 0.166 e. The zero-order valence-corrected chi connectivity index (χ0v) is 13.8. The van der Waals surface area contributed by atoms with Gasteiger partial charge in [0.25, 0.3) is 0 Å². The first kappa shape index (κ1) is 16.1. The number of ketones is 1. The molecular formula is C19H28O2. The lowest BCUT2D eigenvalue weighted by atomic mass is 9.75. The van der Waals surface area contributed by atoms with E-state index in [9.17, 15) is 4.79 Å². The summed E-state index contributed by atoms with van der Waals surface area (Å²) in [6.07, 6.45) is 4.59. The van der Waals surface area contributed by atoms with Crippen LogP contribution in [0.4, 0.5) is 0 Å². The molecular weight excluding hydrogens is 260 g/mol. The molecule has 0 radical (unpaired) electrons. The Morgan fingerprint density at radius 3 is 2.33 bits per heavy atom. The third-order valence-electron chi connectivity index (χ3n) is 4.58. The minimum absolute atomic E-state index is 0.136. The molecule has 2 heteroatoms. The summed E-state index contributed by atoms with van der Waals surface area (Å²) in [7, 11) is 0. The van der Waals surface area contributed by atoms with Gasteiger partial charge in [0.1, 0.15) is 5.75 Å². The van der Waals surface area contributed by atoms with E-state index in [4.69, 9.17) is 4.74 Å². The first-order valence-electron chi connectivity index (χ1n) is 8.28. The largest absolute Gasteiger partial charge is 0.491 e. The molecule has 1 aliphatic rings. The highest BCUT2D eigenvalue weighted by Gasteiger charge is 2.28. The minimum Gasteiger partial charge on any atom is -0.491 e. The molecule has 0 aliphatic heterocycles. The molecule has 0 saturated heterocycles. The summed E-state index contributed by atoms with van der Waals surface area (Å²) in [5, 5.41) is 0. The summed E-state index contributed by atoms with van der Waals surface area (Å²) < 4.78 is 5.69. The van der Waals surface area contributed by atoms with Crippen molar-refractivity contribution in [3.8, 4) is 5.75 Å². The maximum atomic E-state index is 12.7. The Morgan fingerprint density at radius 1 is 1.10 bits per heavy atom. The number of rotatable bonds is 5. The number of carbonyl (C=O) groups excluding carboxylic acids is 1. The van der Waals surface area contributed by atoms with E-state index in [1.165, 1.54) is 12.8 Å². The Bertz CT molecular complexity index is 468. The maximum Gasteiger partial charge on any atom is 0.166 e. The van der Waals surface area contributed by atoms with Crippen molar-refractivity contribution in [2.45, 2.75) is 59.5 Å². The van der Waals surface area contributed by atoms with Crippen molar-refractivity contribution >= 4 is 5.78 Å². The Kier molecular flexibility index (Phi) is 5.44. The monoisotopic (exact) mass is 288 g/mol. The van der Waals surface area contributed by atoms with Gasteiger partial charge in [-0.15, -0.1) is 0 Å². The van der Waals surface area contributed by atoms with E-state index in [2.05, 4.69) is 13.8 Å². The Balaban J connectivity index is 2.00. The Hall–Kier alpha value is -1.31. The van der Waals surface area contributed by atoms with E-state index >= 15 is 0 Å². The van der Waals surface area contributed by atoms with E-state index in [-0.39, 0.29) is 12.0 Å². The fourth-order valence-corrected chi connectivity index (χ4v) is 3.28. The van der Waals surface area contributed by atoms with Crippen LogP contribution in [-0.4, -0.2) is 11.9 Å². The number of ether oxygens (including phenoxy) is 1. The summed E-state index contributed by atoms with van der Waals surface area (Å²) >= 11 is 0. The van der Waals surface area contributed by atoms with Crippen molar-refractivity contribution in [2.75, 3.05) is 0 Å². The van der Waals surface area contributed by atoms with Gasteiger partial charge in [-0.2, -0.15) is 0 Å². The van der Waals surface area contributed by atoms with Crippen molar-refractivity contribution in [1.82, 2.24) is 0 Å². The molecule has 1 aliphatic carbocycles. The summed E-state index contributed by atoms with van der Waals surface area (Å²) in [6, 6.07) is 7.66. The van der Waals surface area contributed by atoms with Gasteiger partial charge in [-0.25, -0.2) is 0 Å². The number of benzene rings is 1. The van der Waals surface area contributed by atoms with Gasteiger partial charge < -0.3 is 4.74 Å². The normalized spacial score (nSPS) is 22.6. The highest BCUT2D eigenvalue weighted by molar-refractivity contribution is 5.98. The van der Waals surface area contributed by atoms with Gasteiger partial charge >= 0.3 is 0 Å². The fourth-order valence-electron chi connectivity index (χ4n) is 3.28. The van der Waals surface area contributed by atoms with Crippen LogP contribution in [0.5, 0.6) is 5.75 Å². The number of carbonyl (C=O) groups is 1. The lowest BCUT2D eigenvalue weighted by molar-refractivity contribution is 0.0858. The summed E-state index contributed by atoms with van der Waals surface area (Å²) in [5.41, 5.74) is 0.807. The van der Waals surface area contributed by atoms with E-state index in [1.807, 2.05) is 38.1 Å². The molecule has 1 fully saturated rings. The predicted molar refractivity (Wildman–Crippen MR) is 86.8 cm³/mol. The van der Waals surface area contributed by atoms with Gasteiger partial charge in [0.2, 0.25) is 0 Å². The second kappa shape index (κ2) is 7.11. The molecule has 0 amide bonds. The van der Waals surface area contributed by atoms with Gasteiger partial charge in [-0.05, 0) is 63.5 Å². The molecule has 1 aromatic carbocycles. The van der Waals surface area contributed by atoms with Crippen LogP contribution >= 0.6 is 0 Å². The van der Waals surface area contributed by atoms with Gasteiger partial charge in [0, 0.05) is 11.5 Å². The van der Waals surface area contributed by atoms with Crippen LogP contribution in [0.1, 0.15) is 63.7 Å². The molecule has 0 N–H and O–H groups in total. The van der Waals surface area contributed by atoms with Crippen LogP contribution in [0.25, 0.3) is 0 Å². The van der Waals surface area contributed by atoms with Crippen molar-refractivity contribution in [3.05, 3.63) is 29.8 Å². The van der Waals surface area contributed by atoms with Crippen LogP contribution in [0.2, 0.25) is 0 Å². The van der Waals surface area contributed by atoms with Gasteiger partial charge in [-0.3, -0.25) is 4.79 Å². The van der Waals surface area contributed by atoms with Gasteiger partial charge in [0.05, 0.1) is 6.10 Å². The van der Waals surface area contributed by atoms with Crippen LogP contribution in [-0.2, 0) is 0 Å². The first-order chi connectivity index (χ1) is 9.97. The molecule has 1 saturated carbocycles. The standard InChI is InChI=1S/C19H28O2/c1-13(2)15-8-10-16(11-9-15)19(20)17-6-5-7-18(12-17)21-14(3)4/h5-7,12-16H,8-11H2,1-4H3. The Morgan fingerprint density at radius 2 is 1.76 bits per heavy atom. The number of hydrogen-bond donors (Lipinski definition) is 0. The highest BCUT2D eigenvalue weighted by Crippen LogP contribution is 2.35. The topological polar surface area (TPSA) is 26.3 Å². The van der Waals surface area contributed by atoms with E-state index in [0.29, 0.717) is 5.78 Å². The SMILES string of the molecule is CC(C)Oc1cccc(C(=O)C2CCC(C(C)C)CC2)c1. The molecule has 1 aromatic rings. The third-order valence-corrected chi connectivity index (χ3v) is 4.58. The van der Waals surface area contributed by atoms with Gasteiger partial charge in [-0.1, -0.05) is 26.0 Å². The van der Waals surface area contributed by atoms with Gasteiger partial charge in [0.15, 0.2) is 5.78 Å². The molecule has 116 valence electrons. The third kappa shape index (κ3) is 4.33. The second-order valence-electron chi connectivity index (χ2n) is 6.91. The van der Waals surface area contributed by atoms with Crippen LogP contribution in [0.3, 0.4) is 0 Å². The number of Topliss-reactive ketones (excluding diaryl/α,β-unsaturated/α-hetero) is 1. The molecule has 0 atom stereocenters. The Labute approximate surface area is 128 Å². The minimum atomic E-state index is 0.136.